The summed E-state index contributed by atoms with van der Waals surface area (Å²) in [4.78, 5) is 10.4. The highest BCUT2D eigenvalue weighted by Gasteiger charge is 2.23. The Morgan fingerprint density at radius 2 is 1.27 bits per heavy atom. The number of hydrogen-bond donors (Lipinski definition) is 0. The monoisotopic (exact) mass is 581 g/mol. The number of amidine groups is 1. The number of thiophene rings is 1. The van der Waals surface area contributed by atoms with Crippen molar-refractivity contribution in [2.75, 3.05) is 0 Å². The molecular formula is C40H27N3S. The standard InChI is InChI=1S/C40H27N3S/c1-3-12-26(13-4-1)34-25-35(27-14-5-2-6-15-27)42-40(41-34)28-16-11-17-29(22-28)43-36-20-9-7-18-30(36)32-24-39-33(23-37(32)43)31-19-8-10-21-38(31)44-39/h1-24,34H,25H2. The number of hydrogen-bond acceptors (Lipinski definition) is 3. The van der Waals surface area contributed by atoms with Crippen LogP contribution in [0.25, 0.3) is 47.7 Å². The lowest BCUT2D eigenvalue weighted by Gasteiger charge is -2.21. The largest absolute Gasteiger partial charge is 0.309 e. The predicted octanol–water partition coefficient (Wildman–Crippen LogP) is 10.5. The summed E-state index contributed by atoms with van der Waals surface area (Å²) in [6.07, 6.45) is 0.773. The molecule has 0 saturated heterocycles. The van der Waals surface area contributed by atoms with E-state index in [1.807, 2.05) is 11.3 Å². The van der Waals surface area contributed by atoms with Crippen LogP contribution in [0.2, 0.25) is 0 Å². The summed E-state index contributed by atoms with van der Waals surface area (Å²) in [7, 11) is 0. The van der Waals surface area contributed by atoms with E-state index < -0.39 is 0 Å². The van der Waals surface area contributed by atoms with Crippen molar-refractivity contribution in [3.05, 3.63) is 162 Å². The fourth-order valence-corrected chi connectivity index (χ4v) is 7.77. The van der Waals surface area contributed by atoms with Crippen LogP contribution in [-0.2, 0) is 0 Å². The minimum Gasteiger partial charge on any atom is -0.309 e. The molecule has 1 aliphatic rings. The van der Waals surface area contributed by atoms with Gasteiger partial charge in [-0.15, -0.1) is 11.3 Å². The molecule has 0 saturated carbocycles. The molecule has 0 bridgehead atoms. The number of aromatic nitrogens is 1. The molecule has 0 fully saturated rings. The summed E-state index contributed by atoms with van der Waals surface area (Å²) < 4.78 is 5.05. The highest BCUT2D eigenvalue weighted by Crippen LogP contribution is 2.40. The number of fused-ring (bicyclic) bond motifs is 6. The van der Waals surface area contributed by atoms with Crippen LogP contribution in [0.5, 0.6) is 0 Å². The van der Waals surface area contributed by atoms with Crippen LogP contribution in [-0.4, -0.2) is 16.1 Å². The van der Waals surface area contributed by atoms with E-state index >= 15 is 0 Å². The van der Waals surface area contributed by atoms with Crippen LogP contribution in [0.3, 0.4) is 0 Å². The second-order valence-corrected chi connectivity index (χ2v) is 12.5. The molecule has 2 aromatic heterocycles. The van der Waals surface area contributed by atoms with E-state index in [0.717, 1.165) is 34.8 Å². The molecule has 3 nitrogen and oxygen atoms in total. The van der Waals surface area contributed by atoms with Crippen molar-refractivity contribution in [2.45, 2.75) is 12.5 Å². The summed E-state index contributed by atoms with van der Waals surface area (Å²) in [5, 5.41) is 5.15. The molecule has 3 heterocycles. The van der Waals surface area contributed by atoms with E-state index in [4.69, 9.17) is 9.98 Å². The van der Waals surface area contributed by atoms with Gasteiger partial charge in [-0.25, -0.2) is 4.99 Å². The van der Waals surface area contributed by atoms with Gasteiger partial charge >= 0.3 is 0 Å². The topological polar surface area (TPSA) is 29.6 Å². The van der Waals surface area contributed by atoms with Crippen LogP contribution < -0.4 is 0 Å². The van der Waals surface area contributed by atoms with Gasteiger partial charge < -0.3 is 4.57 Å². The third-order valence-corrected chi connectivity index (χ3v) is 9.86. The highest BCUT2D eigenvalue weighted by molar-refractivity contribution is 7.25. The smallest absolute Gasteiger partial charge is 0.155 e. The number of rotatable bonds is 4. The summed E-state index contributed by atoms with van der Waals surface area (Å²) in [6, 6.07) is 52.0. The molecule has 0 spiro atoms. The molecular weight excluding hydrogens is 555 g/mol. The minimum absolute atomic E-state index is 0.0101. The Labute approximate surface area is 259 Å². The first-order valence-corrected chi connectivity index (χ1v) is 15.8. The Morgan fingerprint density at radius 3 is 2.14 bits per heavy atom. The van der Waals surface area contributed by atoms with E-state index in [0.29, 0.717) is 0 Å². The lowest BCUT2D eigenvalue weighted by Crippen LogP contribution is -2.17. The zero-order valence-electron chi connectivity index (χ0n) is 23.9. The molecule has 9 rings (SSSR count). The Balaban J connectivity index is 1.25. The van der Waals surface area contributed by atoms with Crippen molar-refractivity contribution in [2.24, 2.45) is 9.98 Å². The molecule has 1 aliphatic heterocycles. The fourth-order valence-electron chi connectivity index (χ4n) is 6.65. The van der Waals surface area contributed by atoms with Gasteiger partial charge in [0.1, 0.15) is 0 Å². The first-order valence-electron chi connectivity index (χ1n) is 15.0. The van der Waals surface area contributed by atoms with Gasteiger partial charge in [-0.2, -0.15) is 0 Å². The Morgan fingerprint density at radius 1 is 0.545 bits per heavy atom. The minimum atomic E-state index is 0.0101. The van der Waals surface area contributed by atoms with Crippen molar-refractivity contribution < 1.29 is 0 Å². The molecule has 0 amide bonds. The zero-order chi connectivity index (χ0) is 29.0. The summed E-state index contributed by atoms with van der Waals surface area (Å²) in [6.45, 7) is 0. The molecule has 6 aromatic carbocycles. The SMILES string of the molecule is c1ccc(C2=NC(c3cccc(-n4c5ccccc5c5cc6sc7ccccc7c6cc54)c3)=NC(c3ccccc3)C2)cc1. The third kappa shape index (κ3) is 4.10. The number of benzene rings is 6. The van der Waals surface area contributed by atoms with Crippen molar-refractivity contribution in [1.82, 2.24) is 4.57 Å². The highest BCUT2D eigenvalue weighted by atomic mass is 32.1. The van der Waals surface area contributed by atoms with Crippen molar-refractivity contribution in [3.8, 4) is 5.69 Å². The van der Waals surface area contributed by atoms with Gasteiger partial charge in [0, 0.05) is 48.6 Å². The fraction of sp³-hybridized carbons (Fsp3) is 0.0500. The Bertz CT molecular complexity index is 2410. The average molecular weight is 582 g/mol. The lowest BCUT2D eigenvalue weighted by molar-refractivity contribution is 0.753. The maximum atomic E-state index is 5.23. The Kier molecular flexibility index (Phi) is 5.81. The van der Waals surface area contributed by atoms with Crippen molar-refractivity contribution in [3.63, 3.8) is 0 Å². The van der Waals surface area contributed by atoms with E-state index in [-0.39, 0.29) is 6.04 Å². The van der Waals surface area contributed by atoms with E-state index in [2.05, 4.69) is 150 Å². The van der Waals surface area contributed by atoms with Gasteiger partial charge in [-0.05, 0) is 47.5 Å². The molecule has 0 radical (unpaired) electrons. The second-order valence-electron chi connectivity index (χ2n) is 11.4. The quantitative estimate of drug-likeness (QED) is 0.198. The molecule has 208 valence electrons. The Hall–Kier alpha value is -5.32. The van der Waals surface area contributed by atoms with Gasteiger partial charge in [-0.1, -0.05) is 109 Å². The summed E-state index contributed by atoms with van der Waals surface area (Å²) in [5.74, 6) is 0.776. The van der Waals surface area contributed by atoms with Crippen LogP contribution in [0, 0.1) is 0 Å². The van der Waals surface area contributed by atoms with Crippen LogP contribution in [0.15, 0.2) is 156 Å². The van der Waals surface area contributed by atoms with Crippen LogP contribution in [0.1, 0.15) is 29.2 Å². The lowest BCUT2D eigenvalue weighted by atomic mass is 9.96. The van der Waals surface area contributed by atoms with Gasteiger partial charge in [0.2, 0.25) is 0 Å². The molecule has 0 N–H and O–H groups in total. The average Bonchev–Trinajstić information content (AvgIpc) is 3.62. The second kappa shape index (κ2) is 10.1. The van der Waals surface area contributed by atoms with E-state index in [9.17, 15) is 0 Å². The van der Waals surface area contributed by atoms with E-state index in [1.165, 1.54) is 47.5 Å². The first-order chi connectivity index (χ1) is 21.8. The maximum absolute atomic E-state index is 5.23. The van der Waals surface area contributed by atoms with Crippen LogP contribution in [0.4, 0.5) is 0 Å². The van der Waals surface area contributed by atoms with Gasteiger partial charge in [0.25, 0.3) is 0 Å². The van der Waals surface area contributed by atoms with Gasteiger partial charge in [-0.3, -0.25) is 4.99 Å². The number of para-hydroxylation sites is 1. The third-order valence-electron chi connectivity index (χ3n) is 8.73. The van der Waals surface area contributed by atoms with Crippen molar-refractivity contribution in [1.29, 1.82) is 0 Å². The summed E-state index contributed by atoms with van der Waals surface area (Å²) in [5.41, 5.74) is 7.95. The van der Waals surface area contributed by atoms with Gasteiger partial charge in [0.15, 0.2) is 5.84 Å². The maximum Gasteiger partial charge on any atom is 0.155 e. The molecule has 1 unspecified atom stereocenters. The number of nitrogens with zero attached hydrogens (tertiary/aromatic N) is 3. The van der Waals surface area contributed by atoms with Gasteiger partial charge in [0.05, 0.1) is 22.8 Å². The molecule has 44 heavy (non-hydrogen) atoms. The van der Waals surface area contributed by atoms with Crippen LogP contribution >= 0.6 is 11.3 Å². The van der Waals surface area contributed by atoms with Crippen molar-refractivity contribution >= 4 is 64.9 Å². The molecule has 1 atom stereocenters. The molecule has 0 aliphatic carbocycles. The van der Waals surface area contributed by atoms with E-state index in [1.54, 1.807) is 0 Å². The summed E-state index contributed by atoms with van der Waals surface area (Å²) >= 11 is 1.87. The molecule has 4 heteroatoms. The normalized spacial score (nSPS) is 15.2. The predicted molar refractivity (Wildman–Crippen MR) is 187 cm³/mol. The number of aliphatic imine (C=N–C) groups is 2. The first kappa shape index (κ1) is 25.2. The zero-order valence-corrected chi connectivity index (χ0v) is 24.7. The molecule has 8 aromatic rings.